The number of nitrogens with zero attached hydrogens (tertiary/aromatic N) is 2. The fraction of sp³-hybridized carbons (Fsp3) is 0. The van der Waals surface area contributed by atoms with Crippen LogP contribution in [0.25, 0.3) is 0 Å². The number of hydrogen-bond acceptors (Lipinski definition) is 6. The summed E-state index contributed by atoms with van der Waals surface area (Å²) in [6, 6.07) is 7.83. The molecule has 0 fully saturated rings. The molecule has 1 aliphatic rings. The second kappa shape index (κ2) is 5.71. The van der Waals surface area contributed by atoms with Crippen molar-refractivity contribution in [3.05, 3.63) is 78.9 Å². The van der Waals surface area contributed by atoms with E-state index in [0.29, 0.717) is 0 Å². The number of nitro groups is 2. The van der Waals surface area contributed by atoms with E-state index < -0.39 is 38.4 Å². The van der Waals surface area contributed by atoms with Gasteiger partial charge in [-0.1, -0.05) is 24.3 Å². The van der Waals surface area contributed by atoms with Gasteiger partial charge in [-0.25, -0.2) is 0 Å². The zero-order valence-corrected chi connectivity index (χ0v) is 12.1. The van der Waals surface area contributed by atoms with Crippen molar-refractivity contribution in [1.29, 1.82) is 0 Å². The van der Waals surface area contributed by atoms with E-state index in [1.165, 1.54) is 18.2 Å². The molecule has 0 spiro atoms. The van der Waals surface area contributed by atoms with E-state index in [2.05, 4.69) is 0 Å². The third-order valence-electron chi connectivity index (χ3n) is 3.42. The van der Waals surface area contributed by atoms with Crippen LogP contribution >= 0.6 is 0 Å². The molecule has 0 N–H and O–H groups in total. The van der Waals surface area contributed by atoms with Crippen molar-refractivity contribution in [2.45, 2.75) is 0 Å². The van der Waals surface area contributed by atoms with Crippen LogP contribution in [0.15, 0.2) is 36.4 Å². The third-order valence-corrected chi connectivity index (χ3v) is 3.42. The number of rotatable bonds is 2. The molecule has 0 unspecified atom stereocenters. The third kappa shape index (κ3) is 2.32. The Morgan fingerprint density at radius 2 is 1.30 bits per heavy atom. The number of carbonyl (C=O) groups excluding carboxylic acids is 2. The molecular formula is C14H6CuN2O6. The molecule has 0 saturated carbocycles. The molecule has 0 aromatic heterocycles. The summed E-state index contributed by atoms with van der Waals surface area (Å²) < 4.78 is 0. The van der Waals surface area contributed by atoms with Crippen LogP contribution in [0.1, 0.15) is 31.8 Å². The van der Waals surface area contributed by atoms with E-state index in [1.807, 2.05) is 0 Å². The maximum Gasteiger partial charge on any atom is 0.357 e. The zero-order chi connectivity index (χ0) is 16.0. The monoisotopic (exact) mass is 361 g/mol. The zero-order valence-electron chi connectivity index (χ0n) is 11.1. The number of fused-ring (bicyclic) bond motifs is 2. The number of ketones is 2. The molecule has 0 bridgehead atoms. The molecule has 0 heterocycles. The van der Waals surface area contributed by atoms with Gasteiger partial charge in [0.05, 0.1) is 9.85 Å². The van der Waals surface area contributed by atoms with Crippen molar-refractivity contribution >= 4 is 22.9 Å². The smallest absolute Gasteiger partial charge is 0.289 e. The van der Waals surface area contributed by atoms with Crippen molar-refractivity contribution in [2.75, 3.05) is 0 Å². The maximum atomic E-state index is 12.5. The summed E-state index contributed by atoms with van der Waals surface area (Å²) in [5.74, 6) is -1.33. The molecule has 0 atom stereocenters. The van der Waals surface area contributed by atoms with Crippen molar-refractivity contribution < 1.29 is 36.5 Å². The quantitative estimate of drug-likeness (QED) is 0.392. The van der Waals surface area contributed by atoms with Crippen molar-refractivity contribution in [1.82, 2.24) is 0 Å². The second-order valence-corrected chi connectivity index (χ2v) is 4.57. The SMILES string of the molecule is O=C1c2ccccc2C(=O)c2c1ccc([N+](=O)[O-])c2[N+](=O)[O-].[Cu]. The first-order valence-corrected chi connectivity index (χ1v) is 6.07. The van der Waals surface area contributed by atoms with Crippen LogP contribution in [0.3, 0.4) is 0 Å². The van der Waals surface area contributed by atoms with E-state index in [0.717, 1.165) is 12.1 Å². The molecule has 2 aromatic carbocycles. The van der Waals surface area contributed by atoms with Gasteiger partial charge >= 0.3 is 11.4 Å². The Kier molecular flexibility index (Phi) is 4.09. The fourth-order valence-corrected chi connectivity index (χ4v) is 2.49. The van der Waals surface area contributed by atoms with Gasteiger partial charge in [-0.15, -0.1) is 0 Å². The Hall–Kier alpha value is -2.90. The summed E-state index contributed by atoms with van der Waals surface area (Å²) >= 11 is 0. The number of carbonyl (C=O) groups is 2. The van der Waals surface area contributed by atoms with Gasteiger partial charge in [0.25, 0.3) is 0 Å². The van der Waals surface area contributed by atoms with Crippen LogP contribution in [0.5, 0.6) is 0 Å². The van der Waals surface area contributed by atoms with E-state index in [9.17, 15) is 29.8 Å². The molecule has 1 aliphatic carbocycles. The second-order valence-electron chi connectivity index (χ2n) is 4.57. The Labute approximate surface area is 138 Å². The number of nitro benzene ring substituents is 2. The molecule has 23 heavy (non-hydrogen) atoms. The number of hydrogen-bond donors (Lipinski definition) is 0. The van der Waals surface area contributed by atoms with Gasteiger partial charge in [0.15, 0.2) is 5.78 Å². The first kappa shape index (κ1) is 16.5. The summed E-state index contributed by atoms with van der Waals surface area (Å²) in [7, 11) is 0. The van der Waals surface area contributed by atoms with Crippen molar-refractivity contribution in [3.8, 4) is 0 Å². The molecule has 119 valence electrons. The molecule has 3 rings (SSSR count). The minimum Gasteiger partial charge on any atom is -0.289 e. The first-order valence-electron chi connectivity index (χ1n) is 6.07. The summed E-state index contributed by atoms with van der Waals surface area (Å²) in [5, 5.41) is 22.2. The minimum atomic E-state index is -1.00. The molecule has 0 aliphatic heterocycles. The molecule has 2 aromatic rings. The summed E-state index contributed by atoms with van der Waals surface area (Å²) in [5.41, 5.74) is -2.35. The van der Waals surface area contributed by atoms with Crippen LogP contribution < -0.4 is 0 Å². The molecule has 1 radical (unpaired) electrons. The van der Waals surface area contributed by atoms with Crippen LogP contribution in [0, 0.1) is 20.2 Å². The average Bonchev–Trinajstić information content (AvgIpc) is 2.51. The molecule has 0 amide bonds. The predicted octanol–water partition coefficient (Wildman–Crippen LogP) is 2.28. The van der Waals surface area contributed by atoms with E-state index in [1.54, 1.807) is 6.07 Å². The van der Waals surface area contributed by atoms with Gasteiger partial charge in [0, 0.05) is 39.8 Å². The van der Waals surface area contributed by atoms with Crippen LogP contribution in [0.2, 0.25) is 0 Å². The number of benzene rings is 2. The van der Waals surface area contributed by atoms with Gasteiger partial charge in [-0.2, -0.15) is 0 Å². The predicted molar refractivity (Wildman–Crippen MR) is 73.1 cm³/mol. The summed E-state index contributed by atoms with van der Waals surface area (Å²) in [4.78, 5) is 45.0. The largest absolute Gasteiger partial charge is 0.357 e. The van der Waals surface area contributed by atoms with Gasteiger partial charge < -0.3 is 0 Å². The van der Waals surface area contributed by atoms with Gasteiger partial charge in [0.2, 0.25) is 5.78 Å². The fourth-order valence-electron chi connectivity index (χ4n) is 2.49. The Morgan fingerprint density at radius 1 is 0.739 bits per heavy atom. The van der Waals surface area contributed by atoms with E-state index in [-0.39, 0.29) is 33.8 Å². The average molecular weight is 362 g/mol. The Balaban J connectivity index is 0.00000192. The van der Waals surface area contributed by atoms with E-state index >= 15 is 0 Å². The maximum absolute atomic E-state index is 12.5. The standard InChI is InChI=1S/C14H6N2O6.Cu/c17-13-7-3-1-2-4-8(7)14(18)11-9(13)5-6-10(15(19)20)12(11)16(21)22;/h1-6H;. The molecule has 9 heteroatoms. The topological polar surface area (TPSA) is 120 Å². The minimum absolute atomic E-state index is 0. The molecule has 8 nitrogen and oxygen atoms in total. The van der Waals surface area contributed by atoms with Crippen LogP contribution in [-0.4, -0.2) is 21.4 Å². The normalized spacial score (nSPS) is 12.0. The molecule has 0 saturated heterocycles. The van der Waals surface area contributed by atoms with Crippen LogP contribution in [0.4, 0.5) is 11.4 Å². The van der Waals surface area contributed by atoms with Crippen LogP contribution in [-0.2, 0) is 17.1 Å². The van der Waals surface area contributed by atoms with Crippen molar-refractivity contribution in [3.63, 3.8) is 0 Å². The first-order chi connectivity index (χ1) is 10.4. The van der Waals surface area contributed by atoms with Crippen molar-refractivity contribution in [2.24, 2.45) is 0 Å². The Morgan fingerprint density at radius 3 is 1.83 bits per heavy atom. The summed E-state index contributed by atoms with van der Waals surface area (Å²) in [6.45, 7) is 0. The summed E-state index contributed by atoms with van der Waals surface area (Å²) in [6.07, 6.45) is 0. The van der Waals surface area contributed by atoms with Gasteiger partial charge in [-0.3, -0.25) is 29.8 Å². The Bertz CT molecular complexity index is 893. The van der Waals surface area contributed by atoms with Gasteiger partial charge in [0.1, 0.15) is 5.56 Å². The molecular weight excluding hydrogens is 356 g/mol. The van der Waals surface area contributed by atoms with E-state index in [4.69, 9.17) is 0 Å². The van der Waals surface area contributed by atoms with Gasteiger partial charge in [-0.05, 0) is 6.07 Å².